The summed E-state index contributed by atoms with van der Waals surface area (Å²) in [5.74, 6) is -0.237. The van der Waals surface area contributed by atoms with Crippen LogP contribution in [0.25, 0.3) is 11.0 Å². The quantitative estimate of drug-likeness (QED) is 0.208. The topological polar surface area (TPSA) is 94.8 Å². The zero-order chi connectivity index (χ0) is 23.3. The second-order valence-corrected chi connectivity index (χ2v) is 8.30. The van der Waals surface area contributed by atoms with Gasteiger partial charge in [-0.15, -0.1) is 0 Å². The van der Waals surface area contributed by atoms with Gasteiger partial charge in [0.2, 0.25) is 0 Å². The summed E-state index contributed by atoms with van der Waals surface area (Å²) in [7, 11) is 0. The molecule has 8 heteroatoms. The lowest BCUT2D eigenvalue weighted by Crippen LogP contribution is -2.28. The van der Waals surface area contributed by atoms with Crippen LogP contribution in [0.5, 0.6) is 11.5 Å². The van der Waals surface area contributed by atoms with Crippen molar-refractivity contribution < 1.29 is 23.5 Å². The highest BCUT2D eigenvalue weighted by Crippen LogP contribution is 2.27. The van der Waals surface area contributed by atoms with Crippen molar-refractivity contribution in [3.8, 4) is 11.5 Å². The number of unbranched alkanes of at least 4 members (excludes halogenated alkanes) is 1. The molecule has 0 saturated carbocycles. The number of halogens is 1. The smallest absolute Gasteiger partial charge is 0.349 e. The minimum atomic E-state index is -0.750. The first kappa shape index (κ1) is 23.5. The molecule has 0 aliphatic rings. The summed E-state index contributed by atoms with van der Waals surface area (Å²) in [6, 6.07) is 9.89. The number of hydrogen-bond acceptors (Lipinski definition) is 6. The number of carbonyl (C=O) groups excluding carboxylic acids is 2. The van der Waals surface area contributed by atoms with Crippen LogP contribution in [0.2, 0.25) is 0 Å². The molecule has 0 aliphatic heterocycles. The second kappa shape index (κ2) is 10.5. The highest BCUT2D eigenvalue weighted by atomic mass is 79.9. The molecule has 3 aromatic rings. The number of carbonyl (C=O) groups is 2. The van der Waals surface area contributed by atoms with E-state index in [9.17, 15) is 14.4 Å². The maximum Gasteiger partial charge on any atom is 0.349 e. The van der Waals surface area contributed by atoms with Crippen LogP contribution in [0.4, 0.5) is 0 Å². The van der Waals surface area contributed by atoms with E-state index in [2.05, 4.69) is 21.2 Å². The molecular formula is C24H24BrNO6. The van der Waals surface area contributed by atoms with E-state index in [0.717, 1.165) is 28.4 Å². The highest BCUT2D eigenvalue weighted by Gasteiger charge is 2.15. The molecule has 0 unspecified atom stereocenters. The minimum Gasteiger partial charge on any atom is -0.481 e. The van der Waals surface area contributed by atoms with Crippen LogP contribution in [-0.2, 0) is 4.79 Å². The molecule has 1 N–H and O–H groups in total. The molecule has 168 valence electrons. The van der Waals surface area contributed by atoms with Crippen LogP contribution in [0.15, 0.2) is 50.1 Å². The maximum absolute atomic E-state index is 12.2. The van der Waals surface area contributed by atoms with E-state index < -0.39 is 17.5 Å². The number of fused-ring (bicyclic) bond motifs is 1. The minimum absolute atomic E-state index is 0.0630. The predicted octanol–water partition coefficient (Wildman–Crippen LogP) is 4.69. The van der Waals surface area contributed by atoms with Gasteiger partial charge in [0.05, 0.1) is 0 Å². The summed E-state index contributed by atoms with van der Waals surface area (Å²) in [6.07, 6.45) is 1.76. The Kier molecular flexibility index (Phi) is 7.69. The Morgan fingerprint density at radius 3 is 2.50 bits per heavy atom. The van der Waals surface area contributed by atoms with Crippen molar-refractivity contribution in [2.24, 2.45) is 0 Å². The summed E-state index contributed by atoms with van der Waals surface area (Å²) in [5.41, 5.74) is 1.19. The van der Waals surface area contributed by atoms with Gasteiger partial charge in [-0.1, -0.05) is 29.3 Å². The fourth-order valence-electron chi connectivity index (χ4n) is 3.20. The molecule has 0 saturated heterocycles. The molecule has 0 radical (unpaired) electrons. The van der Waals surface area contributed by atoms with Gasteiger partial charge in [-0.3, -0.25) is 4.79 Å². The van der Waals surface area contributed by atoms with E-state index in [-0.39, 0.29) is 23.5 Å². The molecule has 3 rings (SSSR count). The van der Waals surface area contributed by atoms with Gasteiger partial charge < -0.3 is 19.2 Å². The lowest BCUT2D eigenvalue weighted by Gasteiger charge is -2.12. The molecular weight excluding hydrogens is 478 g/mol. The van der Waals surface area contributed by atoms with Gasteiger partial charge in [0.1, 0.15) is 22.6 Å². The van der Waals surface area contributed by atoms with Crippen LogP contribution < -0.4 is 20.4 Å². The van der Waals surface area contributed by atoms with Crippen molar-refractivity contribution in [2.45, 2.75) is 33.6 Å². The van der Waals surface area contributed by atoms with Crippen LogP contribution >= 0.6 is 15.9 Å². The third-order valence-electron chi connectivity index (χ3n) is 4.76. The standard InChI is InChI=1S/C24H24BrNO6/c1-4-5-8-26-23(28)19-11-16-6-7-18(12-20(16)32-24(19)29)31-21(27)13-30-22-14(2)9-17(25)10-15(22)3/h6-7,9-12H,4-5,8,13H2,1-3H3,(H,26,28). The molecule has 0 bridgehead atoms. The maximum atomic E-state index is 12.2. The molecule has 7 nitrogen and oxygen atoms in total. The number of esters is 1. The average Bonchev–Trinajstić information content (AvgIpc) is 2.72. The van der Waals surface area contributed by atoms with Crippen molar-refractivity contribution in [1.29, 1.82) is 0 Å². The number of benzene rings is 2. The van der Waals surface area contributed by atoms with E-state index in [4.69, 9.17) is 13.9 Å². The van der Waals surface area contributed by atoms with Gasteiger partial charge in [0.15, 0.2) is 6.61 Å². The molecule has 0 spiro atoms. The van der Waals surface area contributed by atoms with Gasteiger partial charge >= 0.3 is 11.6 Å². The van der Waals surface area contributed by atoms with Crippen LogP contribution in [0, 0.1) is 13.8 Å². The monoisotopic (exact) mass is 501 g/mol. The molecule has 32 heavy (non-hydrogen) atoms. The summed E-state index contributed by atoms with van der Waals surface area (Å²) in [6.45, 7) is 6.01. The summed E-state index contributed by atoms with van der Waals surface area (Å²) < 4.78 is 17.2. The Morgan fingerprint density at radius 2 is 1.81 bits per heavy atom. The molecule has 2 aromatic carbocycles. The van der Waals surface area contributed by atoms with Gasteiger partial charge in [-0.25, -0.2) is 9.59 Å². The normalized spacial score (nSPS) is 10.8. The first-order valence-electron chi connectivity index (χ1n) is 10.2. The Balaban J connectivity index is 1.69. The van der Waals surface area contributed by atoms with E-state index in [1.54, 1.807) is 12.1 Å². The van der Waals surface area contributed by atoms with Crippen molar-refractivity contribution in [1.82, 2.24) is 5.32 Å². The molecule has 0 aliphatic carbocycles. The van der Waals surface area contributed by atoms with E-state index in [1.807, 2.05) is 32.9 Å². The zero-order valence-electron chi connectivity index (χ0n) is 18.1. The van der Waals surface area contributed by atoms with Crippen LogP contribution in [0.3, 0.4) is 0 Å². The predicted molar refractivity (Wildman–Crippen MR) is 124 cm³/mol. The van der Waals surface area contributed by atoms with E-state index in [1.165, 1.54) is 12.1 Å². The highest BCUT2D eigenvalue weighted by molar-refractivity contribution is 9.10. The number of aryl methyl sites for hydroxylation is 2. The van der Waals surface area contributed by atoms with Gasteiger partial charge in [0.25, 0.3) is 5.91 Å². The Labute approximate surface area is 193 Å². The second-order valence-electron chi connectivity index (χ2n) is 7.39. The number of amides is 1. The molecule has 1 heterocycles. The van der Waals surface area contributed by atoms with Crippen molar-refractivity contribution in [3.05, 3.63) is 68.0 Å². The Morgan fingerprint density at radius 1 is 1.09 bits per heavy atom. The summed E-state index contributed by atoms with van der Waals surface area (Å²) in [5, 5.41) is 3.24. The third kappa shape index (κ3) is 5.76. The molecule has 1 amide bonds. The van der Waals surface area contributed by atoms with Crippen molar-refractivity contribution in [3.63, 3.8) is 0 Å². The molecule has 0 fully saturated rings. The third-order valence-corrected chi connectivity index (χ3v) is 5.22. The summed E-state index contributed by atoms with van der Waals surface area (Å²) in [4.78, 5) is 36.7. The SMILES string of the molecule is CCCCNC(=O)c1cc2ccc(OC(=O)COc3c(C)cc(Br)cc3C)cc2oc1=O. The van der Waals surface area contributed by atoms with Gasteiger partial charge in [-0.05, 0) is 61.7 Å². The lowest BCUT2D eigenvalue weighted by molar-refractivity contribution is -0.136. The van der Waals surface area contributed by atoms with Crippen LogP contribution in [0.1, 0.15) is 41.3 Å². The Bertz CT molecular complexity index is 1190. The molecule has 0 atom stereocenters. The first-order valence-corrected chi connectivity index (χ1v) is 11.0. The number of hydrogen-bond donors (Lipinski definition) is 1. The van der Waals surface area contributed by atoms with Gasteiger partial charge in [0, 0.05) is 22.5 Å². The van der Waals surface area contributed by atoms with Crippen molar-refractivity contribution >= 4 is 38.8 Å². The fourth-order valence-corrected chi connectivity index (χ4v) is 3.89. The fraction of sp³-hybridized carbons (Fsp3) is 0.292. The largest absolute Gasteiger partial charge is 0.481 e. The van der Waals surface area contributed by atoms with E-state index in [0.29, 0.717) is 17.7 Å². The Hall–Kier alpha value is -3.13. The summed E-state index contributed by atoms with van der Waals surface area (Å²) >= 11 is 3.42. The first-order chi connectivity index (χ1) is 15.3. The van der Waals surface area contributed by atoms with Crippen LogP contribution in [-0.4, -0.2) is 25.0 Å². The molecule has 1 aromatic heterocycles. The van der Waals surface area contributed by atoms with Crippen molar-refractivity contribution in [2.75, 3.05) is 13.2 Å². The number of ether oxygens (including phenoxy) is 2. The van der Waals surface area contributed by atoms with E-state index >= 15 is 0 Å². The average molecular weight is 502 g/mol. The zero-order valence-corrected chi connectivity index (χ0v) is 19.7. The number of nitrogens with one attached hydrogen (secondary N) is 1. The van der Waals surface area contributed by atoms with Gasteiger partial charge in [-0.2, -0.15) is 0 Å². The lowest BCUT2D eigenvalue weighted by atomic mass is 10.1. The number of rotatable bonds is 8.